The fourth-order valence-electron chi connectivity index (χ4n) is 3.63. The molecule has 1 fully saturated rings. The Bertz CT molecular complexity index is 1110. The summed E-state index contributed by atoms with van der Waals surface area (Å²) in [4.78, 5) is 18.9. The molecule has 1 saturated heterocycles. The van der Waals surface area contributed by atoms with Gasteiger partial charge in [-0.2, -0.15) is 8.78 Å². The highest BCUT2D eigenvalue weighted by Gasteiger charge is 2.39. The van der Waals surface area contributed by atoms with E-state index in [2.05, 4.69) is 14.7 Å². The molecule has 0 aliphatic carbocycles. The van der Waals surface area contributed by atoms with Gasteiger partial charge in [0.15, 0.2) is 5.79 Å². The molecular weight excluding hydrogens is 462 g/mol. The van der Waals surface area contributed by atoms with Gasteiger partial charge in [-0.1, -0.05) is 0 Å². The van der Waals surface area contributed by atoms with Gasteiger partial charge in [0.2, 0.25) is 15.0 Å². The van der Waals surface area contributed by atoms with Crippen LogP contribution >= 0.6 is 0 Å². The summed E-state index contributed by atoms with van der Waals surface area (Å²) in [5, 5.41) is -0.316. The fraction of sp³-hybridized carbons (Fsp3) is 0.619. The first kappa shape index (κ1) is 25.3. The topological polar surface area (TPSA) is 117 Å². The average molecular weight is 491 g/mol. The maximum absolute atomic E-state index is 13.0. The van der Waals surface area contributed by atoms with Crippen LogP contribution in [0.25, 0.3) is 11.0 Å². The molecule has 1 aliphatic rings. The molecule has 33 heavy (non-hydrogen) atoms. The molecule has 2 atom stereocenters. The van der Waals surface area contributed by atoms with Crippen molar-refractivity contribution in [2.24, 2.45) is 0 Å². The number of aromatic nitrogens is 2. The lowest BCUT2D eigenvalue weighted by Gasteiger charge is -2.40. The number of sulfone groups is 1. The normalized spacial score (nSPS) is 21.3. The molecule has 3 rings (SSSR count). The van der Waals surface area contributed by atoms with E-state index in [1.54, 1.807) is 34.6 Å². The largest absolute Gasteiger partial charge is 0.460 e. The molecule has 1 aromatic heterocycles. The van der Waals surface area contributed by atoms with Crippen LogP contribution in [0.1, 0.15) is 47.5 Å². The lowest BCUT2D eigenvalue weighted by Crippen LogP contribution is -2.47. The highest BCUT2D eigenvalue weighted by atomic mass is 32.2. The SMILES string of the molecule is CC(C)(C)OC(=O)C[C@H]1C[C@@H](CS(=O)(=O)c2nc3cc(OC(F)F)ccc3[nH]2)OC(C)(C)O1. The summed E-state index contributed by atoms with van der Waals surface area (Å²) in [6.45, 7) is 5.53. The molecule has 1 aliphatic heterocycles. The predicted octanol–water partition coefficient (Wildman–Crippen LogP) is 3.58. The van der Waals surface area contributed by atoms with Crippen LogP contribution in [0.2, 0.25) is 0 Å². The van der Waals surface area contributed by atoms with Crippen molar-refractivity contribution in [1.29, 1.82) is 0 Å². The van der Waals surface area contributed by atoms with Crippen molar-refractivity contribution >= 4 is 26.8 Å². The van der Waals surface area contributed by atoms with Crippen LogP contribution in [0.15, 0.2) is 23.4 Å². The minimum absolute atomic E-state index is 0.0435. The number of hydrogen-bond acceptors (Lipinski definition) is 8. The van der Waals surface area contributed by atoms with Gasteiger partial charge in [-0.05, 0) is 46.8 Å². The van der Waals surface area contributed by atoms with Crippen LogP contribution in [-0.4, -0.2) is 60.3 Å². The third-order valence-electron chi connectivity index (χ3n) is 4.60. The maximum Gasteiger partial charge on any atom is 0.387 e. The Balaban J connectivity index is 1.74. The summed E-state index contributed by atoms with van der Waals surface area (Å²) in [7, 11) is -3.94. The van der Waals surface area contributed by atoms with Crippen LogP contribution in [0.4, 0.5) is 8.78 Å². The zero-order valence-corrected chi connectivity index (χ0v) is 19.9. The second kappa shape index (κ2) is 9.15. The van der Waals surface area contributed by atoms with E-state index in [9.17, 15) is 22.0 Å². The van der Waals surface area contributed by atoms with E-state index < -0.39 is 51.8 Å². The summed E-state index contributed by atoms with van der Waals surface area (Å²) >= 11 is 0. The number of H-pyrrole nitrogens is 1. The van der Waals surface area contributed by atoms with Crippen molar-refractivity contribution in [3.05, 3.63) is 18.2 Å². The third kappa shape index (κ3) is 7.08. The molecule has 2 heterocycles. The number of halogens is 2. The minimum Gasteiger partial charge on any atom is -0.460 e. The fourth-order valence-corrected chi connectivity index (χ4v) is 4.98. The number of benzene rings is 1. The van der Waals surface area contributed by atoms with Crippen LogP contribution in [0, 0.1) is 0 Å². The van der Waals surface area contributed by atoms with Gasteiger partial charge in [-0.3, -0.25) is 4.79 Å². The quantitative estimate of drug-likeness (QED) is 0.586. The van der Waals surface area contributed by atoms with Gasteiger partial charge in [0.05, 0.1) is 35.4 Å². The molecular formula is C21H28F2N2O7S. The molecule has 0 radical (unpaired) electrons. The number of ether oxygens (including phenoxy) is 4. The standard InChI is InChI=1S/C21H28F2N2O7S/c1-20(2,3)32-17(26)10-13-8-14(31-21(4,5)30-13)11-33(27,28)19-24-15-7-6-12(29-18(22)23)9-16(15)25-19/h6-7,9,13-14,18H,8,10-11H2,1-5H3,(H,24,25)/t13-,14+/m1/s1. The average Bonchev–Trinajstić information content (AvgIpc) is 3.01. The van der Waals surface area contributed by atoms with Crippen molar-refractivity contribution in [2.45, 2.75) is 82.8 Å². The first-order chi connectivity index (χ1) is 15.1. The Hall–Kier alpha value is -2.31. The van der Waals surface area contributed by atoms with Crippen molar-refractivity contribution in [1.82, 2.24) is 9.97 Å². The van der Waals surface area contributed by atoms with Gasteiger partial charge < -0.3 is 23.9 Å². The molecule has 0 unspecified atom stereocenters. The van der Waals surface area contributed by atoms with E-state index in [1.807, 2.05) is 0 Å². The van der Waals surface area contributed by atoms with E-state index in [0.717, 1.165) is 0 Å². The van der Waals surface area contributed by atoms with Crippen LogP contribution < -0.4 is 4.74 Å². The summed E-state index contributed by atoms with van der Waals surface area (Å²) in [5.41, 5.74) is -0.129. The summed E-state index contributed by atoms with van der Waals surface area (Å²) in [5.74, 6) is -2.11. The van der Waals surface area contributed by atoms with Crippen molar-refractivity contribution in [2.75, 3.05) is 5.75 Å². The number of hydrogen-bond donors (Lipinski definition) is 1. The molecule has 2 aromatic rings. The molecule has 0 spiro atoms. The van der Waals surface area contributed by atoms with E-state index in [4.69, 9.17) is 14.2 Å². The number of nitrogens with one attached hydrogen (secondary N) is 1. The predicted molar refractivity (Wildman–Crippen MR) is 114 cm³/mol. The minimum atomic E-state index is -3.94. The maximum atomic E-state index is 13.0. The molecule has 0 bridgehead atoms. The zero-order valence-electron chi connectivity index (χ0n) is 19.1. The Morgan fingerprint density at radius 1 is 1.27 bits per heavy atom. The summed E-state index contributed by atoms with van der Waals surface area (Å²) in [6, 6.07) is 3.92. The van der Waals surface area contributed by atoms with Crippen molar-refractivity contribution < 1.29 is 40.9 Å². The van der Waals surface area contributed by atoms with Crippen molar-refractivity contribution in [3.63, 3.8) is 0 Å². The van der Waals surface area contributed by atoms with Gasteiger partial charge in [-0.25, -0.2) is 13.4 Å². The van der Waals surface area contributed by atoms with Crippen LogP contribution in [0.3, 0.4) is 0 Å². The van der Waals surface area contributed by atoms with Crippen molar-refractivity contribution in [3.8, 4) is 5.75 Å². The van der Waals surface area contributed by atoms with Gasteiger partial charge in [-0.15, -0.1) is 0 Å². The Morgan fingerprint density at radius 2 is 1.94 bits per heavy atom. The molecule has 1 aromatic carbocycles. The third-order valence-corrected chi connectivity index (χ3v) is 6.19. The number of imidazole rings is 1. The van der Waals surface area contributed by atoms with E-state index in [0.29, 0.717) is 5.52 Å². The van der Waals surface area contributed by atoms with Crippen LogP contribution in [0.5, 0.6) is 5.75 Å². The van der Waals surface area contributed by atoms with Crippen LogP contribution in [-0.2, 0) is 28.8 Å². The first-order valence-corrected chi connectivity index (χ1v) is 12.0. The monoisotopic (exact) mass is 490 g/mol. The van der Waals surface area contributed by atoms with E-state index in [-0.39, 0.29) is 29.3 Å². The number of nitrogens with zero attached hydrogens (tertiary/aromatic N) is 1. The number of aromatic amines is 1. The van der Waals surface area contributed by atoms with E-state index in [1.165, 1.54) is 18.2 Å². The first-order valence-electron chi connectivity index (χ1n) is 10.4. The lowest BCUT2D eigenvalue weighted by molar-refractivity contribution is -0.295. The summed E-state index contributed by atoms with van der Waals surface area (Å²) < 4.78 is 72.1. The van der Waals surface area contributed by atoms with Gasteiger partial charge in [0.25, 0.3) is 0 Å². The number of carbonyl (C=O) groups is 1. The number of fused-ring (bicyclic) bond motifs is 1. The molecule has 9 nitrogen and oxygen atoms in total. The number of rotatable bonds is 7. The van der Waals surface area contributed by atoms with Gasteiger partial charge in [0, 0.05) is 12.5 Å². The van der Waals surface area contributed by atoms with Gasteiger partial charge in [0.1, 0.15) is 11.4 Å². The number of esters is 1. The highest BCUT2D eigenvalue weighted by molar-refractivity contribution is 7.91. The Kier molecular flexibility index (Phi) is 7.02. The second-order valence-corrected chi connectivity index (χ2v) is 11.2. The smallest absolute Gasteiger partial charge is 0.387 e. The zero-order chi connectivity index (χ0) is 24.6. The highest BCUT2D eigenvalue weighted by Crippen LogP contribution is 2.31. The van der Waals surface area contributed by atoms with Gasteiger partial charge >= 0.3 is 12.6 Å². The summed E-state index contributed by atoms with van der Waals surface area (Å²) in [6.07, 6.45) is -1.24. The molecule has 1 N–H and O–H groups in total. The lowest BCUT2D eigenvalue weighted by atomic mass is 10.1. The second-order valence-electron chi connectivity index (χ2n) is 9.29. The molecule has 184 valence electrons. The molecule has 0 amide bonds. The number of carbonyl (C=O) groups excluding carboxylic acids is 1. The Morgan fingerprint density at radius 3 is 2.58 bits per heavy atom. The Labute approximate surface area is 190 Å². The molecule has 12 heteroatoms. The molecule has 0 saturated carbocycles. The van der Waals surface area contributed by atoms with E-state index >= 15 is 0 Å². The number of alkyl halides is 2.